The number of nitro groups is 2. The van der Waals surface area contributed by atoms with E-state index in [4.69, 9.17) is 18.9 Å². The monoisotopic (exact) mass is 585 g/mol. The molecule has 4 aromatic rings. The van der Waals surface area contributed by atoms with Crippen LogP contribution < -0.4 is 35.1 Å². The average Bonchev–Trinajstić information content (AvgIpc) is 3.66. The van der Waals surface area contributed by atoms with E-state index in [-0.39, 0.29) is 59.5 Å². The zero-order valence-electron chi connectivity index (χ0n) is 21.8. The standard InChI is InChI=1S/C26H19N9O8/c36-34(37)18-9-21-20(40-13-41-21)8-16(18)12-28-32-24-10-23(29-17-4-2-1-3-5-17)30-26(31-24)33-27-11-15-6-19(35(38)39)25-22(7-15)42-14-43-25/h1-12H,13-14H2,(H3,29,30,31,32,33). The van der Waals surface area contributed by atoms with Crippen molar-refractivity contribution in [2.75, 3.05) is 29.8 Å². The Labute approximate surface area is 241 Å². The van der Waals surface area contributed by atoms with Crippen LogP contribution in [0.5, 0.6) is 23.0 Å². The van der Waals surface area contributed by atoms with Crippen LogP contribution in [0, 0.1) is 20.2 Å². The molecule has 0 atom stereocenters. The average molecular weight is 585 g/mol. The molecule has 216 valence electrons. The summed E-state index contributed by atoms with van der Waals surface area (Å²) in [5.41, 5.74) is 6.25. The summed E-state index contributed by atoms with van der Waals surface area (Å²) in [5, 5.41) is 34.3. The smallest absolute Gasteiger partial charge is 0.315 e. The van der Waals surface area contributed by atoms with Gasteiger partial charge in [-0.2, -0.15) is 20.2 Å². The largest absolute Gasteiger partial charge is 0.454 e. The summed E-state index contributed by atoms with van der Waals surface area (Å²) in [6.07, 6.45) is 2.59. The van der Waals surface area contributed by atoms with E-state index in [0.29, 0.717) is 17.1 Å². The Bertz CT molecular complexity index is 1780. The highest BCUT2D eigenvalue weighted by Gasteiger charge is 2.26. The Kier molecular flexibility index (Phi) is 7.16. The van der Waals surface area contributed by atoms with Gasteiger partial charge in [-0.25, -0.2) is 5.43 Å². The molecule has 0 aliphatic carbocycles. The molecular formula is C26H19N9O8. The number of rotatable bonds is 10. The number of nitrogens with one attached hydrogen (secondary N) is 3. The number of nitro benzene ring substituents is 2. The van der Waals surface area contributed by atoms with Crippen LogP contribution in [-0.2, 0) is 0 Å². The lowest BCUT2D eigenvalue weighted by molar-refractivity contribution is -0.385. The van der Waals surface area contributed by atoms with Crippen LogP contribution in [0.25, 0.3) is 0 Å². The summed E-state index contributed by atoms with van der Waals surface area (Å²) in [5.74, 6) is 1.54. The molecule has 2 aliphatic heterocycles. The molecule has 0 spiro atoms. The van der Waals surface area contributed by atoms with Gasteiger partial charge >= 0.3 is 5.69 Å². The molecule has 0 saturated carbocycles. The Morgan fingerprint density at radius 3 is 2.23 bits per heavy atom. The Morgan fingerprint density at radius 2 is 1.44 bits per heavy atom. The first kappa shape index (κ1) is 26.7. The number of fused-ring (bicyclic) bond motifs is 2. The van der Waals surface area contributed by atoms with E-state index in [1.165, 1.54) is 30.6 Å². The molecular weight excluding hydrogens is 566 g/mol. The summed E-state index contributed by atoms with van der Waals surface area (Å²) in [6, 6.07) is 16.4. The van der Waals surface area contributed by atoms with Crippen molar-refractivity contribution in [2.24, 2.45) is 10.2 Å². The molecule has 0 saturated heterocycles. The van der Waals surface area contributed by atoms with Crippen LogP contribution in [0.1, 0.15) is 11.1 Å². The van der Waals surface area contributed by atoms with Crippen molar-refractivity contribution in [2.45, 2.75) is 0 Å². The molecule has 3 N–H and O–H groups in total. The van der Waals surface area contributed by atoms with E-state index < -0.39 is 9.85 Å². The van der Waals surface area contributed by atoms with E-state index in [1.54, 1.807) is 12.1 Å². The fourth-order valence-electron chi connectivity index (χ4n) is 4.05. The summed E-state index contributed by atoms with van der Waals surface area (Å²) >= 11 is 0. The van der Waals surface area contributed by atoms with Gasteiger partial charge in [-0.05, 0) is 24.3 Å². The second kappa shape index (κ2) is 11.5. The molecule has 0 unspecified atom stereocenters. The molecule has 6 rings (SSSR count). The minimum absolute atomic E-state index is 0.0344. The second-order valence-corrected chi connectivity index (χ2v) is 8.75. The van der Waals surface area contributed by atoms with Crippen molar-refractivity contribution >= 4 is 47.1 Å². The van der Waals surface area contributed by atoms with Crippen LogP contribution in [0.15, 0.2) is 70.9 Å². The van der Waals surface area contributed by atoms with Crippen molar-refractivity contribution in [1.82, 2.24) is 9.97 Å². The molecule has 0 fully saturated rings. The van der Waals surface area contributed by atoms with Crippen LogP contribution in [0.3, 0.4) is 0 Å². The molecule has 17 heteroatoms. The zero-order chi connectivity index (χ0) is 29.8. The summed E-state index contributed by atoms with van der Waals surface area (Å²) in [6.45, 7) is -0.155. The Balaban J connectivity index is 1.24. The molecule has 3 heterocycles. The first-order valence-electron chi connectivity index (χ1n) is 12.4. The van der Waals surface area contributed by atoms with E-state index in [2.05, 4.69) is 36.3 Å². The van der Waals surface area contributed by atoms with Crippen LogP contribution in [0.4, 0.5) is 34.6 Å². The van der Waals surface area contributed by atoms with Gasteiger partial charge in [0.05, 0.1) is 33.9 Å². The van der Waals surface area contributed by atoms with Crippen LogP contribution in [0.2, 0.25) is 0 Å². The SMILES string of the molecule is O=[N+]([O-])c1cc2c(cc1C=NNc1cc(Nc3ccccc3)nc(NN=Cc3cc4c(c([N+](=O)[O-])c3)OCO4)n1)OCO2. The predicted octanol–water partition coefficient (Wildman–Crippen LogP) is 4.39. The van der Waals surface area contributed by atoms with Gasteiger partial charge < -0.3 is 24.3 Å². The molecule has 0 radical (unpaired) electrons. The Hall–Kier alpha value is -6.52. The summed E-state index contributed by atoms with van der Waals surface area (Å²) < 4.78 is 21.0. The first-order valence-corrected chi connectivity index (χ1v) is 12.4. The second-order valence-electron chi connectivity index (χ2n) is 8.75. The number of hydrazone groups is 2. The number of benzene rings is 3. The summed E-state index contributed by atoms with van der Waals surface area (Å²) in [4.78, 5) is 30.6. The van der Waals surface area contributed by atoms with E-state index in [9.17, 15) is 20.2 Å². The Morgan fingerprint density at radius 1 is 0.744 bits per heavy atom. The van der Waals surface area contributed by atoms with Crippen molar-refractivity contribution in [3.63, 3.8) is 0 Å². The van der Waals surface area contributed by atoms with Gasteiger partial charge in [0.2, 0.25) is 25.3 Å². The number of hydrogen-bond donors (Lipinski definition) is 3. The predicted molar refractivity (Wildman–Crippen MR) is 153 cm³/mol. The van der Waals surface area contributed by atoms with Gasteiger partial charge in [-0.15, -0.1) is 0 Å². The van der Waals surface area contributed by atoms with Gasteiger partial charge in [0, 0.05) is 23.4 Å². The van der Waals surface area contributed by atoms with E-state index in [1.807, 2.05) is 30.3 Å². The van der Waals surface area contributed by atoms with E-state index >= 15 is 0 Å². The fourth-order valence-corrected chi connectivity index (χ4v) is 4.05. The molecule has 3 aromatic carbocycles. The maximum atomic E-state index is 11.6. The van der Waals surface area contributed by atoms with Gasteiger partial charge in [-0.3, -0.25) is 25.7 Å². The highest BCUT2D eigenvalue weighted by atomic mass is 16.7. The summed E-state index contributed by atoms with van der Waals surface area (Å²) in [7, 11) is 0. The number of ether oxygens (including phenoxy) is 4. The number of aromatic nitrogens is 2. The molecule has 43 heavy (non-hydrogen) atoms. The molecule has 0 amide bonds. The highest BCUT2D eigenvalue weighted by Crippen LogP contribution is 2.41. The van der Waals surface area contributed by atoms with Gasteiger partial charge in [0.15, 0.2) is 23.1 Å². The fraction of sp³-hybridized carbons (Fsp3) is 0.0769. The highest BCUT2D eigenvalue weighted by molar-refractivity contribution is 5.87. The minimum Gasteiger partial charge on any atom is -0.454 e. The third kappa shape index (κ3) is 5.99. The lowest BCUT2D eigenvalue weighted by atomic mass is 10.1. The number of nitrogens with zero attached hydrogens (tertiary/aromatic N) is 6. The topological polar surface area (TPSA) is 210 Å². The van der Waals surface area contributed by atoms with Gasteiger partial charge in [0.1, 0.15) is 5.82 Å². The molecule has 0 bridgehead atoms. The molecule has 17 nitrogen and oxygen atoms in total. The normalized spacial score (nSPS) is 12.9. The lowest BCUT2D eigenvalue weighted by Gasteiger charge is -2.09. The number of anilines is 4. The molecule has 2 aliphatic rings. The van der Waals surface area contributed by atoms with E-state index in [0.717, 1.165) is 5.69 Å². The van der Waals surface area contributed by atoms with Crippen molar-refractivity contribution in [1.29, 1.82) is 0 Å². The van der Waals surface area contributed by atoms with Crippen molar-refractivity contribution in [3.05, 3.63) is 92.0 Å². The maximum absolute atomic E-state index is 11.6. The number of para-hydroxylation sites is 1. The van der Waals surface area contributed by atoms with Crippen LogP contribution >= 0.6 is 0 Å². The third-order valence-corrected chi connectivity index (χ3v) is 5.92. The minimum atomic E-state index is -0.573. The van der Waals surface area contributed by atoms with Crippen molar-refractivity contribution < 1.29 is 28.8 Å². The lowest BCUT2D eigenvalue weighted by Crippen LogP contribution is -2.04. The molecule has 1 aromatic heterocycles. The first-order chi connectivity index (χ1) is 20.9. The zero-order valence-corrected chi connectivity index (χ0v) is 21.8. The van der Waals surface area contributed by atoms with Gasteiger partial charge in [-0.1, -0.05) is 18.2 Å². The third-order valence-electron chi connectivity index (χ3n) is 5.92. The van der Waals surface area contributed by atoms with Gasteiger partial charge in [0.25, 0.3) is 5.69 Å². The quantitative estimate of drug-likeness (QED) is 0.134. The van der Waals surface area contributed by atoms with Crippen LogP contribution in [-0.4, -0.2) is 45.8 Å². The maximum Gasteiger partial charge on any atom is 0.315 e. The van der Waals surface area contributed by atoms with Crippen molar-refractivity contribution in [3.8, 4) is 23.0 Å². The number of hydrogen-bond acceptors (Lipinski definition) is 15.